The van der Waals surface area contributed by atoms with Gasteiger partial charge in [0.25, 0.3) is 0 Å². The van der Waals surface area contributed by atoms with Gasteiger partial charge in [-0.05, 0) is 38.4 Å². The molecule has 1 N–H and O–H groups in total. The zero-order valence-electron chi connectivity index (χ0n) is 12.0. The van der Waals surface area contributed by atoms with Crippen molar-refractivity contribution >= 4 is 12.1 Å². The predicted molar refractivity (Wildman–Crippen MR) is 77.3 cm³/mol. The van der Waals surface area contributed by atoms with Crippen LogP contribution in [0, 0.1) is 22.7 Å². The zero-order valence-corrected chi connectivity index (χ0v) is 12.0. The van der Waals surface area contributed by atoms with Crippen molar-refractivity contribution in [2.24, 2.45) is 16.3 Å². The number of piperidine rings is 1. The summed E-state index contributed by atoms with van der Waals surface area (Å²) in [4.78, 5) is 22.5. The Morgan fingerprint density at radius 2 is 2.24 bits per heavy atom. The van der Waals surface area contributed by atoms with Crippen LogP contribution in [0.5, 0.6) is 0 Å². The van der Waals surface area contributed by atoms with Gasteiger partial charge in [-0.3, -0.25) is 14.6 Å². The molecule has 3 aliphatic heterocycles. The lowest BCUT2D eigenvalue weighted by molar-refractivity contribution is -0.186. The number of hydroxylamine groups is 2. The summed E-state index contributed by atoms with van der Waals surface area (Å²) in [7, 11) is 0. The number of dihydropyridines is 1. The summed E-state index contributed by atoms with van der Waals surface area (Å²) in [6, 6.07) is 2.12. The minimum absolute atomic E-state index is 0.00124. The summed E-state index contributed by atoms with van der Waals surface area (Å²) in [6.07, 6.45) is 7.70. The van der Waals surface area contributed by atoms with E-state index >= 15 is 0 Å². The molecule has 0 bridgehead atoms. The molecule has 0 aromatic heterocycles. The molecule has 21 heavy (non-hydrogen) atoms. The van der Waals surface area contributed by atoms with Gasteiger partial charge >= 0.3 is 0 Å². The van der Waals surface area contributed by atoms with Crippen molar-refractivity contribution < 1.29 is 9.63 Å². The average Bonchev–Trinajstić information content (AvgIpc) is 3.06. The first-order valence-electron chi connectivity index (χ1n) is 7.52. The molecule has 2 saturated heterocycles. The number of carbonyl (C=O) groups excluding carboxylic acids is 1. The second kappa shape index (κ2) is 5.96. The van der Waals surface area contributed by atoms with Gasteiger partial charge in [0.15, 0.2) is 0 Å². The highest BCUT2D eigenvalue weighted by Gasteiger charge is 2.47. The molecule has 0 aromatic rings. The van der Waals surface area contributed by atoms with Crippen molar-refractivity contribution in [3.05, 3.63) is 12.2 Å². The van der Waals surface area contributed by atoms with Gasteiger partial charge in [0.05, 0.1) is 25.3 Å². The van der Waals surface area contributed by atoms with Crippen LogP contribution < -0.4 is 5.32 Å². The lowest BCUT2D eigenvalue weighted by Crippen LogP contribution is -2.50. The van der Waals surface area contributed by atoms with Crippen LogP contribution in [0.1, 0.15) is 19.3 Å². The first-order valence-corrected chi connectivity index (χ1v) is 7.52. The van der Waals surface area contributed by atoms with E-state index in [1.165, 1.54) is 5.06 Å². The molecule has 0 radical (unpaired) electrons. The molecule has 6 heteroatoms. The van der Waals surface area contributed by atoms with Crippen molar-refractivity contribution in [1.82, 2.24) is 10.4 Å². The van der Waals surface area contributed by atoms with E-state index in [1.807, 2.05) is 6.08 Å². The second-order valence-corrected chi connectivity index (χ2v) is 5.83. The summed E-state index contributed by atoms with van der Waals surface area (Å²) in [5.41, 5.74) is -0.756. The van der Waals surface area contributed by atoms with Crippen LogP contribution in [-0.4, -0.2) is 49.5 Å². The number of hydrogen-bond donors (Lipinski definition) is 1. The van der Waals surface area contributed by atoms with E-state index < -0.39 is 5.41 Å². The summed E-state index contributed by atoms with van der Waals surface area (Å²) in [6.45, 7) is 2.61. The minimum Gasteiger partial charge on any atom is -0.317 e. The molecule has 1 unspecified atom stereocenters. The quantitative estimate of drug-likeness (QED) is 0.810. The summed E-state index contributed by atoms with van der Waals surface area (Å²) in [5.74, 6) is 0.0234. The van der Waals surface area contributed by atoms with Crippen LogP contribution in [0.2, 0.25) is 0 Å². The monoisotopic (exact) mass is 288 g/mol. The maximum absolute atomic E-state index is 12.7. The fourth-order valence-corrected chi connectivity index (χ4v) is 3.30. The third-order valence-corrected chi connectivity index (χ3v) is 4.55. The Balaban J connectivity index is 1.78. The lowest BCUT2D eigenvalue weighted by Gasteiger charge is -2.36. The topological polar surface area (TPSA) is 77.7 Å². The number of allylic oxidation sites excluding steroid dienone is 1. The highest BCUT2D eigenvalue weighted by Crippen LogP contribution is 2.36. The van der Waals surface area contributed by atoms with Crippen molar-refractivity contribution in [1.29, 1.82) is 5.26 Å². The number of nitrogens with one attached hydrogen (secondary N) is 1. The third kappa shape index (κ3) is 2.59. The van der Waals surface area contributed by atoms with Gasteiger partial charge in [0.1, 0.15) is 5.41 Å². The number of hydrogen-bond acceptors (Lipinski definition) is 5. The van der Waals surface area contributed by atoms with Crippen LogP contribution in [0.25, 0.3) is 0 Å². The highest BCUT2D eigenvalue weighted by molar-refractivity contribution is 5.79. The minimum atomic E-state index is -0.756. The molecule has 1 amide bonds. The number of carbonyl (C=O) groups is 1. The largest absolute Gasteiger partial charge is 0.317 e. The van der Waals surface area contributed by atoms with E-state index in [4.69, 9.17) is 4.84 Å². The van der Waals surface area contributed by atoms with Crippen LogP contribution in [0.15, 0.2) is 17.1 Å². The number of nitriles is 1. The van der Waals surface area contributed by atoms with Crippen LogP contribution in [0.3, 0.4) is 0 Å². The zero-order chi connectivity index (χ0) is 14.7. The standard InChI is InChI=1S/C15H20N4O2/c16-10-15(5-1-6-18-11-15)13-4-9-21-19(13)14(20)12-2-7-17-8-3-12/h1,5-6,12-13,17H,2-4,7-9,11H2/t13?,15-/m0/s1. The number of nitrogens with zero attached hydrogens (tertiary/aromatic N) is 3. The number of rotatable bonds is 2. The number of aliphatic imine (C=N–C) groups is 1. The summed E-state index contributed by atoms with van der Waals surface area (Å²) >= 11 is 0. The van der Waals surface area contributed by atoms with E-state index in [2.05, 4.69) is 16.4 Å². The molecular formula is C15H20N4O2. The molecule has 0 aromatic carbocycles. The Hall–Kier alpha value is -1.71. The molecule has 0 spiro atoms. The Labute approximate surface area is 124 Å². The van der Waals surface area contributed by atoms with Gasteiger partial charge in [-0.15, -0.1) is 0 Å². The summed E-state index contributed by atoms with van der Waals surface area (Å²) in [5, 5.41) is 14.4. The fourth-order valence-electron chi connectivity index (χ4n) is 3.30. The second-order valence-electron chi connectivity index (χ2n) is 5.83. The summed E-state index contributed by atoms with van der Waals surface area (Å²) < 4.78 is 0. The van der Waals surface area contributed by atoms with E-state index in [1.54, 1.807) is 12.3 Å². The SMILES string of the molecule is N#C[C@@]1(C2CCON2C(=O)C2CCNCC2)C=CC=NC1. The molecule has 3 rings (SSSR count). The number of amides is 1. The molecule has 2 atom stereocenters. The van der Waals surface area contributed by atoms with E-state index in [0.717, 1.165) is 25.9 Å². The van der Waals surface area contributed by atoms with Crippen molar-refractivity contribution in [2.75, 3.05) is 26.2 Å². The Kier molecular flexibility index (Phi) is 4.04. The van der Waals surface area contributed by atoms with Crippen LogP contribution >= 0.6 is 0 Å². The highest BCUT2D eigenvalue weighted by atomic mass is 16.7. The average molecular weight is 288 g/mol. The van der Waals surface area contributed by atoms with Gasteiger partial charge in [-0.1, -0.05) is 6.08 Å². The molecule has 112 valence electrons. The fraction of sp³-hybridized carbons (Fsp3) is 0.667. The Morgan fingerprint density at radius 3 is 2.90 bits per heavy atom. The molecular weight excluding hydrogens is 268 g/mol. The van der Waals surface area contributed by atoms with Gasteiger partial charge in [-0.25, -0.2) is 5.06 Å². The van der Waals surface area contributed by atoms with Gasteiger partial charge < -0.3 is 5.32 Å². The first kappa shape index (κ1) is 14.2. The third-order valence-electron chi connectivity index (χ3n) is 4.55. The predicted octanol–water partition coefficient (Wildman–Crippen LogP) is 0.669. The van der Waals surface area contributed by atoms with Crippen LogP contribution in [-0.2, 0) is 9.63 Å². The molecule has 0 aliphatic carbocycles. The van der Waals surface area contributed by atoms with Crippen molar-refractivity contribution in [3.63, 3.8) is 0 Å². The molecule has 3 heterocycles. The van der Waals surface area contributed by atoms with E-state index in [9.17, 15) is 10.1 Å². The Morgan fingerprint density at radius 1 is 1.43 bits per heavy atom. The van der Waals surface area contributed by atoms with Crippen LogP contribution in [0.4, 0.5) is 0 Å². The van der Waals surface area contributed by atoms with E-state index in [0.29, 0.717) is 19.6 Å². The van der Waals surface area contributed by atoms with Gasteiger partial charge in [-0.2, -0.15) is 5.26 Å². The van der Waals surface area contributed by atoms with Crippen molar-refractivity contribution in [3.8, 4) is 6.07 Å². The Bertz CT molecular complexity index is 504. The molecule has 6 nitrogen and oxygen atoms in total. The van der Waals surface area contributed by atoms with Crippen molar-refractivity contribution in [2.45, 2.75) is 25.3 Å². The lowest BCUT2D eigenvalue weighted by atomic mass is 9.78. The molecule has 3 aliphatic rings. The van der Waals surface area contributed by atoms with E-state index in [-0.39, 0.29) is 17.9 Å². The van der Waals surface area contributed by atoms with Gasteiger partial charge in [0.2, 0.25) is 5.91 Å². The molecule has 2 fully saturated rings. The smallest absolute Gasteiger partial charge is 0.249 e. The molecule has 0 saturated carbocycles. The van der Waals surface area contributed by atoms with Gasteiger partial charge in [0, 0.05) is 12.1 Å². The maximum Gasteiger partial charge on any atom is 0.249 e. The first-order chi connectivity index (χ1) is 10.3. The normalized spacial score (nSPS) is 33.1. The maximum atomic E-state index is 12.7.